The van der Waals surface area contributed by atoms with Crippen molar-refractivity contribution in [2.45, 2.75) is 13.5 Å². The Balaban J connectivity index is 1.60. The van der Waals surface area contributed by atoms with Gasteiger partial charge < -0.3 is 19.2 Å². The minimum atomic E-state index is -0.249. The smallest absolute Gasteiger partial charge is 0.253 e. The average Bonchev–Trinajstić information content (AvgIpc) is 3.30. The zero-order valence-corrected chi connectivity index (χ0v) is 17.6. The van der Waals surface area contributed by atoms with E-state index in [0.29, 0.717) is 39.7 Å². The predicted octanol–water partition coefficient (Wildman–Crippen LogP) is 2.59. The minimum absolute atomic E-state index is 0.134. The fourth-order valence-corrected chi connectivity index (χ4v) is 3.87. The van der Waals surface area contributed by atoms with Gasteiger partial charge in [-0.2, -0.15) is 4.98 Å². The van der Waals surface area contributed by atoms with Gasteiger partial charge in [0.05, 0.1) is 16.0 Å². The summed E-state index contributed by atoms with van der Waals surface area (Å²) in [5.41, 5.74) is 1.26. The van der Waals surface area contributed by atoms with Crippen molar-refractivity contribution in [3.05, 3.63) is 51.9 Å². The fraction of sp³-hybridized carbons (Fsp3) is 0.286. The molecule has 0 atom stereocenters. The lowest BCUT2D eigenvalue weighted by atomic mass is 10.2. The molecule has 9 nitrogen and oxygen atoms in total. The number of benzene rings is 1. The van der Waals surface area contributed by atoms with Crippen LogP contribution in [0.1, 0.15) is 6.92 Å². The Morgan fingerprint density at radius 2 is 1.87 bits per heavy atom. The molecule has 0 radical (unpaired) electrons. The molecule has 0 bridgehead atoms. The highest BCUT2D eigenvalue weighted by Crippen LogP contribution is 2.28. The van der Waals surface area contributed by atoms with E-state index in [9.17, 15) is 4.79 Å². The van der Waals surface area contributed by atoms with Gasteiger partial charge in [-0.15, -0.1) is 10.2 Å². The molecule has 1 aromatic carbocycles. The fourth-order valence-electron chi connectivity index (χ4n) is 3.65. The Labute approximate surface area is 182 Å². The lowest BCUT2D eigenvalue weighted by Crippen LogP contribution is -2.44. The van der Waals surface area contributed by atoms with Crippen LogP contribution in [0.25, 0.3) is 33.9 Å². The Kier molecular flexibility index (Phi) is 5.13. The number of aryl methyl sites for hydroxylation is 1. The van der Waals surface area contributed by atoms with Crippen LogP contribution in [0.15, 0.2) is 45.9 Å². The van der Waals surface area contributed by atoms with Crippen LogP contribution in [-0.2, 0) is 6.54 Å². The summed E-state index contributed by atoms with van der Waals surface area (Å²) >= 11 is 6.23. The average molecular weight is 438 g/mol. The molecule has 1 fully saturated rings. The van der Waals surface area contributed by atoms with Gasteiger partial charge in [-0.3, -0.25) is 4.79 Å². The molecule has 3 aromatic heterocycles. The molecular weight excluding hydrogens is 418 g/mol. The van der Waals surface area contributed by atoms with E-state index in [1.807, 2.05) is 23.6 Å². The Hall–Kier alpha value is -3.30. The molecule has 1 aliphatic heterocycles. The van der Waals surface area contributed by atoms with E-state index >= 15 is 0 Å². The van der Waals surface area contributed by atoms with E-state index in [1.54, 1.807) is 24.5 Å². The summed E-state index contributed by atoms with van der Waals surface area (Å²) in [5.74, 6) is 1.02. The first-order valence-corrected chi connectivity index (χ1v) is 10.5. The Bertz CT molecular complexity index is 1310. The molecule has 31 heavy (non-hydrogen) atoms. The van der Waals surface area contributed by atoms with Gasteiger partial charge in [0.1, 0.15) is 11.2 Å². The molecule has 4 aromatic rings. The number of anilines is 1. The van der Waals surface area contributed by atoms with Crippen molar-refractivity contribution in [1.82, 2.24) is 30.0 Å². The van der Waals surface area contributed by atoms with Crippen LogP contribution >= 0.6 is 11.6 Å². The second kappa shape index (κ2) is 8.09. The van der Waals surface area contributed by atoms with Gasteiger partial charge in [-0.1, -0.05) is 23.7 Å². The first-order valence-electron chi connectivity index (χ1n) is 10.1. The number of halogens is 1. The van der Waals surface area contributed by atoms with E-state index in [4.69, 9.17) is 21.0 Å². The van der Waals surface area contributed by atoms with Crippen LogP contribution < -0.4 is 15.6 Å². The van der Waals surface area contributed by atoms with Crippen molar-refractivity contribution >= 4 is 28.6 Å². The quantitative estimate of drug-likeness (QED) is 0.519. The molecule has 0 saturated carbocycles. The van der Waals surface area contributed by atoms with Crippen molar-refractivity contribution in [2.75, 3.05) is 31.1 Å². The molecule has 10 heteroatoms. The largest absolute Gasteiger partial charge is 0.416 e. The number of fused-ring (bicyclic) bond motifs is 1. The van der Waals surface area contributed by atoms with Gasteiger partial charge in [0, 0.05) is 45.1 Å². The molecular formula is C21H20ClN7O2. The number of piperazine rings is 1. The summed E-state index contributed by atoms with van der Waals surface area (Å²) in [6.45, 7) is 6.02. The van der Waals surface area contributed by atoms with Gasteiger partial charge in [-0.05, 0) is 19.1 Å². The summed E-state index contributed by atoms with van der Waals surface area (Å²) < 4.78 is 7.71. The Morgan fingerprint density at radius 1 is 1.13 bits per heavy atom. The molecule has 4 heterocycles. The maximum absolute atomic E-state index is 13.2. The second-order valence-corrected chi connectivity index (χ2v) is 7.60. The van der Waals surface area contributed by atoms with E-state index < -0.39 is 0 Å². The maximum atomic E-state index is 13.2. The topological polar surface area (TPSA) is 102 Å². The lowest BCUT2D eigenvalue weighted by Gasteiger charge is -2.27. The zero-order chi connectivity index (χ0) is 21.4. The highest BCUT2D eigenvalue weighted by Gasteiger charge is 2.20. The minimum Gasteiger partial charge on any atom is -0.416 e. The third kappa shape index (κ3) is 3.55. The highest BCUT2D eigenvalue weighted by molar-refractivity contribution is 6.33. The molecule has 0 amide bonds. The van der Waals surface area contributed by atoms with Gasteiger partial charge in [0.2, 0.25) is 17.3 Å². The Morgan fingerprint density at radius 3 is 2.61 bits per heavy atom. The first kappa shape index (κ1) is 19.7. The number of nitrogens with one attached hydrogen (secondary N) is 1. The van der Waals surface area contributed by atoms with Crippen molar-refractivity contribution in [2.24, 2.45) is 0 Å². The normalized spacial score (nSPS) is 14.3. The van der Waals surface area contributed by atoms with Gasteiger partial charge in [0.25, 0.3) is 5.89 Å². The SMILES string of the molecule is CCn1cc(-c2nnc(-c3ccccc3Cl)o2)c(=O)c2cnc(N3CCNCC3)nc21. The molecule has 1 N–H and O–H groups in total. The molecule has 0 spiro atoms. The van der Waals surface area contributed by atoms with Crippen molar-refractivity contribution in [3.63, 3.8) is 0 Å². The molecule has 0 unspecified atom stereocenters. The monoisotopic (exact) mass is 437 g/mol. The van der Waals surface area contributed by atoms with Crippen LogP contribution in [0, 0.1) is 0 Å². The van der Waals surface area contributed by atoms with Gasteiger partial charge in [0.15, 0.2) is 0 Å². The van der Waals surface area contributed by atoms with Crippen LogP contribution in [0.3, 0.4) is 0 Å². The lowest BCUT2D eigenvalue weighted by molar-refractivity contribution is 0.579. The summed E-state index contributed by atoms with van der Waals surface area (Å²) in [4.78, 5) is 24.5. The van der Waals surface area contributed by atoms with Crippen LogP contribution in [-0.4, -0.2) is 50.9 Å². The molecule has 5 rings (SSSR count). The number of pyridine rings is 1. The highest BCUT2D eigenvalue weighted by atomic mass is 35.5. The number of rotatable bonds is 4. The summed E-state index contributed by atoms with van der Waals surface area (Å²) in [5, 5.41) is 12.4. The zero-order valence-electron chi connectivity index (χ0n) is 16.9. The van der Waals surface area contributed by atoms with E-state index in [2.05, 4.69) is 25.4 Å². The summed E-state index contributed by atoms with van der Waals surface area (Å²) in [6.07, 6.45) is 3.30. The molecule has 0 aliphatic carbocycles. The number of nitrogens with zero attached hydrogens (tertiary/aromatic N) is 6. The number of hydrogen-bond donors (Lipinski definition) is 1. The molecule has 1 saturated heterocycles. The van der Waals surface area contributed by atoms with Gasteiger partial charge in [-0.25, -0.2) is 4.98 Å². The second-order valence-electron chi connectivity index (χ2n) is 7.19. The van der Waals surface area contributed by atoms with E-state index in [-0.39, 0.29) is 17.2 Å². The van der Waals surface area contributed by atoms with Crippen molar-refractivity contribution in [1.29, 1.82) is 0 Å². The van der Waals surface area contributed by atoms with Crippen LogP contribution in [0.4, 0.5) is 5.95 Å². The number of hydrogen-bond acceptors (Lipinski definition) is 8. The predicted molar refractivity (Wildman–Crippen MR) is 118 cm³/mol. The van der Waals surface area contributed by atoms with Crippen LogP contribution in [0.2, 0.25) is 5.02 Å². The third-order valence-corrected chi connectivity index (χ3v) is 5.63. The van der Waals surface area contributed by atoms with E-state index in [1.165, 1.54) is 0 Å². The first-order chi connectivity index (χ1) is 15.2. The summed E-state index contributed by atoms with van der Waals surface area (Å²) in [6, 6.07) is 7.18. The van der Waals surface area contributed by atoms with Crippen molar-refractivity contribution in [3.8, 4) is 22.9 Å². The third-order valence-electron chi connectivity index (χ3n) is 5.30. The van der Waals surface area contributed by atoms with Crippen LogP contribution in [0.5, 0.6) is 0 Å². The standard InChI is InChI=1S/C21H20ClN7O2/c1-2-28-12-15(20-27-26-19(31-20)13-5-3-4-6-16(13)22)17(30)14-11-24-21(25-18(14)28)29-9-7-23-8-10-29/h3-6,11-12,23H,2,7-10H2,1H3. The molecule has 1 aliphatic rings. The molecule has 158 valence electrons. The number of aromatic nitrogens is 5. The maximum Gasteiger partial charge on any atom is 0.253 e. The summed E-state index contributed by atoms with van der Waals surface area (Å²) in [7, 11) is 0. The van der Waals surface area contributed by atoms with Crippen molar-refractivity contribution < 1.29 is 4.42 Å². The van der Waals surface area contributed by atoms with Gasteiger partial charge >= 0.3 is 0 Å². The van der Waals surface area contributed by atoms with E-state index in [0.717, 1.165) is 26.2 Å².